The summed E-state index contributed by atoms with van der Waals surface area (Å²) in [6.07, 6.45) is 0. The van der Waals surface area contributed by atoms with E-state index in [1.165, 1.54) is 24.3 Å². The van der Waals surface area contributed by atoms with Crippen LogP contribution in [0, 0.1) is 11.2 Å². The molecule has 1 aromatic heterocycles. The Kier molecular flexibility index (Phi) is 3.76. The van der Waals surface area contributed by atoms with E-state index in [2.05, 4.69) is 5.32 Å². The first-order valence-electron chi connectivity index (χ1n) is 7.26. The smallest absolute Gasteiger partial charge is 0.252 e. The van der Waals surface area contributed by atoms with Crippen molar-refractivity contribution in [3.63, 3.8) is 0 Å². The van der Waals surface area contributed by atoms with Crippen molar-refractivity contribution >= 4 is 23.2 Å². The van der Waals surface area contributed by atoms with Gasteiger partial charge >= 0.3 is 0 Å². The molecule has 0 amide bonds. The molecule has 23 heavy (non-hydrogen) atoms. The molecule has 1 N–H and O–H groups in total. The zero-order valence-corrected chi connectivity index (χ0v) is 13.6. The summed E-state index contributed by atoms with van der Waals surface area (Å²) in [7, 11) is 0. The molecule has 0 bridgehead atoms. The first-order valence-corrected chi connectivity index (χ1v) is 7.64. The molecule has 0 spiro atoms. The number of pyridine rings is 1. The van der Waals surface area contributed by atoms with Gasteiger partial charge in [-0.05, 0) is 24.3 Å². The average Bonchev–Trinajstić information content (AvgIpc) is 2.49. The Morgan fingerprint density at radius 3 is 2.74 bits per heavy atom. The van der Waals surface area contributed by atoms with E-state index in [0.717, 1.165) is 6.07 Å². The molecule has 0 saturated heterocycles. The quantitative estimate of drug-likeness (QED) is 0.857. The fraction of sp³-hybridized carbons (Fsp3) is 0.294. The van der Waals surface area contributed by atoms with Gasteiger partial charge < -0.3 is 5.32 Å². The number of rotatable bonds is 2. The van der Waals surface area contributed by atoms with Crippen LogP contribution in [0.15, 0.2) is 35.1 Å². The first kappa shape index (κ1) is 15.7. The Hall–Kier alpha value is -2.14. The zero-order valence-electron chi connectivity index (χ0n) is 12.8. The third-order valence-electron chi connectivity index (χ3n) is 3.93. The lowest BCUT2D eigenvalue weighted by Crippen LogP contribution is -2.40. The van der Waals surface area contributed by atoms with E-state index in [1.54, 1.807) is 4.57 Å². The molecule has 4 nitrogen and oxygen atoms in total. The number of aromatic nitrogens is 1. The van der Waals surface area contributed by atoms with Gasteiger partial charge in [0.25, 0.3) is 5.56 Å². The van der Waals surface area contributed by atoms with Gasteiger partial charge in [0.1, 0.15) is 11.6 Å². The highest BCUT2D eigenvalue weighted by atomic mass is 35.5. The molecule has 0 atom stereocenters. The molecule has 6 heteroatoms. The fourth-order valence-corrected chi connectivity index (χ4v) is 2.89. The number of carbonyl (C=O) groups is 1. The topological polar surface area (TPSA) is 51.1 Å². The molecular weight excluding hydrogens is 319 g/mol. The van der Waals surface area contributed by atoms with Crippen molar-refractivity contribution < 1.29 is 9.18 Å². The largest absolute Gasteiger partial charge is 0.370 e. The summed E-state index contributed by atoms with van der Waals surface area (Å²) >= 11 is 5.75. The van der Waals surface area contributed by atoms with Gasteiger partial charge in [0.15, 0.2) is 5.78 Å². The standard InChI is InChI=1S/C17H16ClFN2O2/c1-17(2)8-20-16-11(4-6-14(22)21(16)9-17)15(23)10-3-5-13(19)12(18)7-10/h3-7,20H,8-9H2,1-2H3. The second-order valence-corrected chi connectivity index (χ2v) is 6.90. The number of anilines is 1. The van der Waals surface area contributed by atoms with Gasteiger partial charge in [0.05, 0.1) is 10.6 Å². The highest BCUT2D eigenvalue weighted by Crippen LogP contribution is 2.29. The third-order valence-corrected chi connectivity index (χ3v) is 4.22. The van der Waals surface area contributed by atoms with Crippen molar-refractivity contribution in [1.29, 1.82) is 0 Å². The number of fused-ring (bicyclic) bond motifs is 1. The van der Waals surface area contributed by atoms with Crippen molar-refractivity contribution in [2.45, 2.75) is 20.4 Å². The van der Waals surface area contributed by atoms with E-state index < -0.39 is 5.82 Å². The third kappa shape index (κ3) is 2.88. The van der Waals surface area contributed by atoms with E-state index in [-0.39, 0.29) is 27.3 Å². The van der Waals surface area contributed by atoms with Crippen LogP contribution in [0.4, 0.5) is 10.2 Å². The Balaban J connectivity index is 2.09. The predicted octanol–water partition coefficient (Wildman–Crippen LogP) is 3.32. The summed E-state index contributed by atoms with van der Waals surface area (Å²) in [6.45, 7) is 5.27. The number of ketones is 1. The molecule has 0 fully saturated rings. The number of nitrogens with zero attached hydrogens (tertiary/aromatic N) is 1. The second kappa shape index (κ2) is 5.49. The Bertz CT molecular complexity index is 858. The average molecular weight is 335 g/mol. The van der Waals surface area contributed by atoms with Gasteiger partial charge in [-0.1, -0.05) is 25.4 Å². The van der Waals surface area contributed by atoms with Crippen molar-refractivity contribution in [1.82, 2.24) is 4.57 Å². The number of benzene rings is 1. The minimum absolute atomic E-state index is 0.0856. The molecule has 0 saturated carbocycles. The van der Waals surface area contributed by atoms with Crippen molar-refractivity contribution in [2.75, 3.05) is 11.9 Å². The van der Waals surface area contributed by atoms with Crippen LogP contribution in [-0.2, 0) is 6.54 Å². The van der Waals surface area contributed by atoms with Crippen LogP contribution < -0.4 is 10.9 Å². The summed E-state index contributed by atoms with van der Waals surface area (Å²) < 4.78 is 14.8. The summed E-state index contributed by atoms with van der Waals surface area (Å²) in [5, 5.41) is 3.07. The summed E-state index contributed by atoms with van der Waals surface area (Å²) in [6, 6.07) is 6.73. The Morgan fingerprint density at radius 1 is 1.30 bits per heavy atom. The molecule has 1 aliphatic rings. The zero-order chi connectivity index (χ0) is 16.8. The van der Waals surface area contributed by atoms with Crippen LogP contribution in [0.3, 0.4) is 0 Å². The number of nitrogens with one attached hydrogen (secondary N) is 1. The van der Waals surface area contributed by atoms with E-state index in [4.69, 9.17) is 11.6 Å². The van der Waals surface area contributed by atoms with Gasteiger partial charge in [-0.2, -0.15) is 0 Å². The molecule has 1 aromatic carbocycles. The van der Waals surface area contributed by atoms with Gasteiger partial charge in [0.2, 0.25) is 0 Å². The molecule has 1 aliphatic heterocycles. The summed E-state index contributed by atoms with van der Waals surface area (Å²) in [4.78, 5) is 24.8. The molecule has 2 aromatic rings. The van der Waals surface area contributed by atoms with Gasteiger partial charge in [-0.3, -0.25) is 14.2 Å². The lowest BCUT2D eigenvalue weighted by Gasteiger charge is -2.34. The normalized spacial score (nSPS) is 15.7. The molecule has 120 valence electrons. The Labute approximate surface area is 137 Å². The number of hydrogen-bond donors (Lipinski definition) is 1. The van der Waals surface area contributed by atoms with Crippen LogP contribution in [0.5, 0.6) is 0 Å². The maximum absolute atomic E-state index is 13.3. The van der Waals surface area contributed by atoms with Gasteiger partial charge in [-0.15, -0.1) is 0 Å². The fourth-order valence-electron chi connectivity index (χ4n) is 2.71. The highest BCUT2D eigenvalue weighted by Gasteiger charge is 2.28. The molecule has 0 radical (unpaired) electrons. The minimum Gasteiger partial charge on any atom is -0.370 e. The van der Waals surface area contributed by atoms with Crippen molar-refractivity contribution in [3.05, 3.63) is 62.7 Å². The van der Waals surface area contributed by atoms with E-state index in [0.29, 0.717) is 24.5 Å². The predicted molar refractivity (Wildman–Crippen MR) is 87.8 cm³/mol. The monoisotopic (exact) mass is 334 g/mol. The van der Waals surface area contributed by atoms with Crippen molar-refractivity contribution in [3.8, 4) is 0 Å². The summed E-state index contributed by atoms with van der Waals surface area (Å²) in [5.74, 6) is -0.375. The SMILES string of the molecule is CC1(C)CNc2c(C(=O)c3ccc(F)c(Cl)c3)ccc(=O)n2C1. The summed E-state index contributed by atoms with van der Waals surface area (Å²) in [5.41, 5.74) is 0.415. The van der Waals surface area contributed by atoms with E-state index in [9.17, 15) is 14.0 Å². The molecular formula is C17H16ClFN2O2. The molecule has 3 rings (SSSR count). The minimum atomic E-state index is -0.575. The number of hydrogen-bond acceptors (Lipinski definition) is 3. The van der Waals surface area contributed by atoms with Crippen LogP contribution in [-0.4, -0.2) is 16.9 Å². The molecule has 0 unspecified atom stereocenters. The van der Waals surface area contributed by atoms with Crippen LogP contribution in [0.1, 0.15) is 29.8 Å². The van der Waals surface area contributed by atoms with Gasteiger partial charge in [-0.25, -0.2) is 4.39 Å². The van der Waals surface area contributed by atoms with E-state index >= 15 is 0 Å². The lowest BCUT2D eigenvalue weighted by molar-refractivity contribution is 0.103. The maximum atomic E-state index is 13.3. The highest BCUT2D eigenvalue weighted by molar-refractivity contribution is 6.31. The van der Waals surface area contributed by atoms with Crippen LogP contribution in [0.25, 0.3) is 0 Å². The molecule has 0 aliphatic carbocycles. The molecule has 2 heterocycles. The number of halogens is 2. The van der Waals surface area contributed by atoms with E-state index in [1.807, 2.05) is 13.8 Å². The maximum Gasteiger partial charge on any atom is 0.252 e. The first-order chi connectivity index (χ1) is 10.8. The number of carbonyl (C=O) groups excluding carboxylic acids is 1. The van der Waals surface area contributed by atoms with Crippen LogP contribution >= 0.6 is 11.6 Å². The van der Waals surface area contributed by atoms with Crippen LogP contribution in [0.2, 0.25) is 5.02 Å². The Morgan fingerprint density at radius 2 is 2.04 bits per heavy atom. The lowest BCUT2D eigenvalue weighted by atomic mass is 9.90. The van der Waals surface area contributed by atoms with Crippen molar-refractivity contribution in [2.24, 2.45) is 5.41 Å². The van der Waals surface area contributed by atoms with Gasteiger partial charge in [0, 0.05) is 30.1 Å². The second-order valence-electron chi connectivity index (χ2n) is 6.50.